The second-order valence-electron chi connectivity index (χ2n) is 12.0. The predicted molar refractivity (Wildman–Crippen MR) is 200 cm³/mol. The normalized spacial score (nSPS) is 11.3. The first-order chi connectivity index (χ1) is 23.9. The van der Waals surface area contributed by atoms with Gasteiger partial charge in [-0.2, -0.15) is 0 Å². The Morgan fingerprint density at radius 1 is 0.271 bits per heavy atom. The van der Waals surface area contributed by atoms with E-state index in [0.29, 0.717) is 0 Å². The maximum Gasteiger partial charge on any atom is 0.105 e. The van der Waals surface area contributed by atoms with Crippen molar-refractivity contribution in [2.24, 2.45) is 0 Å². The van der Waals surface area contributed by atoms with Crippen molar-refractivity contribution in [3.63, 3.8) is 0 Å². The smallest absolute Gasteiger partial charge is 0.105 e. The van der Waals surface area contributed by atoms with E-state index in [-0.39, 0.29) is 0 Å². The van der Waals surface area contributed by atoms with Crippen molar-refractivity contribution in [3.05, 3.63) is 176 Å². The summed E-state index contributed by atoms with van der Waals surface area (Å²) in [6, 6.07) is 62.1. The lowest BCUT2D eigenvalue weighted by Gasteiger charge is -2.19. The molecule has 48 heavy (non-hydrogen) atoms. The van der Waals surface area contributed by atoms with E-state index in [4.69, 9.17) is 10.2 Å². The standard InChI is InChI=1S/C45H29N3/c1-3-16-30(17-4-1)32-20-7-12-25-37(32)43-44(31-18-5-2-6-19-31)46-48-47-45(43)41-27-14-11-24-36(41)40-29-15-28-39-35-22-9-8-21-33(35)34-23-10-13-26-38(34)42(39)40/h1-29H. The van der Waals surface area contributed by atoms with E-state index in [1.54, 1.807) is 0 Å². The Morgan fingerprint density at radius 3 is 1.38 bits per heavy atom. The van der Waals surface area contributed by atoms with E-state index >= 15 is 0 Å². The summed E-state index contributed by atoms with van der Waals surface area (Å²) in [6.45, 7) is 0. The maximum absolute atomic E-state index is 4.86. The van der Waals surface area contributed by atoms with Crippen molar-refractivity contribution < 1.29 is 0 Å². The van der Waals surface area contributed by atoms with Gasteiger partial charge in [-0.15, -0.1) is 10.2 Å². The zero-order valence-corrected chi connectivity index (χ0v) is 26.1. The first kappa shape index (κ1) is 27.8. The van der Waals surface area contributed by atoms with E-state index in [1.165, 1.54) is 32.3 Å². The van der Waals surface area contributed by atoms with E-state index < -0.39 is 0 Å². The Morgan fingerprint density at radius 2 is 0.708 bits per heavy atom. The Balaban J connectivity index is 1.38. The molecule has 0 fully saturated rings. The first-order valence-corrected chi connectivity index (χ1v) is 16.2. The van der Waals surface area contributed by atoms with Gasteiger partial charge >= 0.3 is 0 Å². The molecule has 0 bridgehead atoms. The van der Waals surface area contributed by atoms with E-state index in [9.17, 15) is 0 Å². The molecule has 8 aromatic carbocycles. The van der Waals surface area contributed by atoms with Gasteiger partial charge in [0.25, 0.3) is 0 Å². The van der Waals surface area contributed by atoms with Crippen molar-refractivity contribution in [1.29, 1.82) is 0 Å². The average Bonchev–Trinajstić information content (AvgIpc) is 3.18. The molecule has 0 aliphatic rings. The highest BCUT2D eigenvalue weighted by atomic mass is 15.3. The molecule has 1 aromatic heterocycles. The van der Waals surface area contributed by atoms with Crippen LogP contribution in [0.1, 0.15) is 0 Å². The summed E-state index contributed by atoms with van der Waals surface area (Å²) < 4.78 is 0. The molecule has 0 aliphatic heterocycles. The molecule has 3 heteroatoms. The van der Waals surface area contributed by atoms with Gasteiger partial charge in [-0.25, -0.2) is 0 Å². The predicted octanol–water partition coefficient (Wildman–Crippen LogP) is 11.7. The largest absolute Gasteiger partial charge is 0.129 e. The Labute approximate surface area is 278 Å². The van der Waals surface area contributed by atoms with E-state index in [0.717, 1.165) is 55.9 Å². The number of aromatic nitrogens is 3. The summed E-state index contributed by atoms with van der Waals surface area (Å²) in [6.07, 6.45) is 0. The number of nitrogens with zero attached hydrogens (tertiary/aromatic N) is 3. The molecule has 0 atom stereocenters. The zero-order valence-electron chi connectivity index (χ0n) is 26.1. The van der Waals surface area contributed by atoms with Crippen LogP contribution in [0, 0.1) is 0 Å². The van der Waals surface area contributed by atoms with Gasteiger partial charge in [-0.05, 0) is 65.3 Å². The zero-order chi connectivity index (χ0) is 31.9. The third-order valence-corrected chi connectivity index (χ3v) is 9.33. The molecule has 0 spiro atoms. The third kappa shape index (κ3) is 4.56. The lowest BCUT2D eigenvalue weighted by molar-refractivity contribution is 0.879. The van der Waals surface area contributed by atoms with Gasteiger partial charge in [0.15, 0.2) is 0 Å². The fourth-order valence-electron chi connectivity index (χ4n) is 7.24. The van der Waals surface area contributed by atoms with Gasteiger partial charge in [0.1, 0.15) is 11.4 Å². The van der Waals surface area contributed by atoms with E-state index in [1.807, 2.05) is 18.2 Å². The van der Waals surface area contributed by atoms with Crippen LogP contribution in [0.2, 0.25) is 0 Å². The molecule has 0 amide bonds. The van der Waals surface area contributed by atoms with Crippen LogP contribution in [0.3, 0.4) is 0 Å². The number of benzene rings is 8. The van der Waals surface area contributed by atoms with Crippen molar-refractivity contribution in [2.75, 3.05) is 0 Å². The van der Waals surface area contributed by atoms with Crippen LogP contribution in [-0.2, 0) is 0 Å². The molecule has 0 radical (unpaired) electrons. The minimum atomic E-state index is 0.796. The van der Waals surface area contributed by atoms with Crippen molar-refractivity contribution in [3.8, 4) is 55.9 Å². The van der Waals surface area contributed by atoms with Crippen LogP contribution in [0.15, 0.2) is 176 Å². The lowest BCUT2D eigenvalue weighted by atomic mass is 9.85. The maximum atomic E-state index is 4.86. The summed E-state index contributed by atoms with van der Waals surface area (Å²) in [7, 11) is 0. The van der Waals surface area contributed by atoms with Gasteiger partial charge in [0.05, 0.1) is 0 Å². The number of hydrogen-bond donors (Lipinski definition) is 0. The Hall–Kier alpha value is -6.45. The minimum absolute atomic E-state index is 0.796. The van der Waals surface area contributed by atoms with Crippen molar-refractivity contribution in [1.82, 2.24) is 15.4 Å². The summed E-state index contributed by atoms with van der Waals surface area (Å²) in [4.78, 5) is 0. The van der Waals surface area contributed by atoms with Gasteiger partial charge in [0, 0.05) is 16.7 Å². The monoisotopic (exact) mass is 611 g/mol. The molecule has 3 nitrogen and oxygen atoms in total. The molecule has 0 saturated carbocycles. The number of rotatable bonds is 5. The molecule has 0 unspecified atom stereocenters. The molecule has 0 saturated heterocycles. The second kappa shape index (κ2) is 11.7. The fraction of sp³-hybridized carbons (Fsp3) is 0. The molecule has 0 aliphatic carbocycles. The molecular formula is C45H29N3. The summed E-state index contributed by atoms with van der Waals surface area (Å²) in [5.41, 5.74) is 10.1. The lowest BCUT2D eigenvalue weighted by Crippen LogP contribution is -2.02. The first-order valence-electron chi connectivity index (χ1n) is 16.2. The highest BCUT2D eigenvalue weighted by Crippen LogP contribution is 2.46. The van der Waals surface area contributed by atoms with Crippen LogP contribution in [-0.4, -0.2) is 15.4 Å². The SMILES string of the molecule is c1ccc(-c2ccccc2-c2c(-c3ccccc3)nnnc2-c2ccccc2-c2cccc3c4ccccc4c4ccccc4c23)cc1. The quantitative estimate of drug-likeness (QED) is 0.182. The summed E-state index contributed by atoms with van der Waals surface area (Å²) >= 11 is 0. The van der Waals surface area contributed by atoms with Crippen LogP contribution in [0.5, 0.6) is 0 Å². The summed E-state index contributed by atoms with van der Waals surface area (Å²) in [5, 5.41) is 21.4. The van der Waals surface area contributed by atoms with Crippen LogP contribution in [0.25, 0.3) is 88.2 Å². The highest BCUT2D eigenvalue weighted by Gasteiger charge is 2.23. The van der Waals surface area contributed by atoms with Crippen LogP contribution in [0.4, 0.5) is 0 Å². The second-order valence-corrected chi connectivity index (χ2v) is 12.0. The molecular weight excluding hydrogens is 583 g/mol. The molecule has 224 valence electrons. The van der Waals surface area contributed by atoms with Crippen molar-refractivity contribution >= 4 is 32.3 Å². The van der Waals surface area contributed by atoms with Gasteiger partial charge in [-0.3, -0.25) is 0 Å². The van der Waals surface area contributed by atoms with Gasteiger partial charge < -0.3 is 0 Å². The fourth-order valence-corrected chi connectivity index (χ4v) is 7.24. The topological polar surface area (TPSA) is 38.7 Å². The third-order valence-electron chi connectivity index (χ3n) is 9.33. The van der Waals surface area contributed by atoms with Gasteiger partial charge in [-0.1, -0.05) is 176 Å². The molecule has 9 rings (SSSR count). The molecule has 9 aromatic rings. The van der Waals surface area contributed by atoms with Crippen LogP contribution < -0.4 is 0 Å². The van der Waals surface area contributed by atoms with E-state index in [2.05, 4.69) is 163 Å². The number of hydrogen-bond acceptors (Lipinski definition) is 3. The Kier molecular flexibility index (Phi) is 6.80. The van der Waals surface area contributed by atoms with Crippen LogP contribution >= 0.6 is 0 Å². The number of fused-ring (bicyclic) bond motifs is 6. The minimum Gasteiger partial charge on any atom is -0.129 e. The average molecular weight is 612 g/mol. The highest BCUT2D eigenvalue weighted by molar-refractivity contribution is 6.28. The van der Waals surface area contributed by atoms with Crippen molar-refractivity contribution in [2.45, 2.75) is 0 Å². The molecule has 0 N–H and O–H groups in total. The Bertz CT molecular complexity index is 2570. The van der Waals surface area contributed by atoms with Gasteiger partial charge in [0.2, 0.25) is 0 Å². The summed E-state index contributed by atoms with van der Waals surface area (Å²) in [5.74, 6) is 0. The molecule has 1 heterocycles.